The summed E-state index contributed by atoms with van der Waals surface area (Å²) in [6, 6.07) is 8.84. The predicted molar refractivity (Wildman–Crippen MR) is 84.0 cm³/mol. The Morgan fingerprint density at radius 1 is 1.14 bits per heavy atom. The Morgan fingerprint density at radius 2 is 1.82 bits per heavy atom. The lowest BCUT2D eigenvalue weighted by Gasteiger charge is -2.06. The van der Waals surface area contributed by atoms with E-state index in [0.717, 1.165) is 11.4 Å². The minimum atomic E-state index is -0.531. The summed E-state index contributed by atoms with van der Waals surface area (Å²) in [5.41, 5.74) is 1.88. The number of anilines is 1. The molecule has 0 radical (unpaired) electrons. The molecule has 0 aliphatic heterocycles. The van der Waals surface area contributed by atoms with Crippen molar-refractivity contribution >= 4 is 22.8 Å². The number of amides is 1. The molecule has 0 spiro atoms. The minimum absolute atomic E-state index is 0.0291. The van der Waals surface area contributed by atoms with Gasteiger partial charge in [0.25, 0.3) is 5.91 Å². The first-order valence-electron chi connectivity index (χ1n) is 6.78. The number of hydrogen-bond acceptors (Lipinski definition) is 4. The number of nitrogens with zero attached hydrogens (tertiary/aromatic N) is 2. The molecule has 6 heteroatoms. The van der Waals surface area contributed by atoms with E-state index in [9.17, 15) is 9.59 Å². The molecule has 0 aliphatic rings. The molecule has 2 N–H and O–H groups in total. The minimum Gasteiger partial charge on any atom is -0.360 e. The number of rotatable bonds is 2. The van der Waals surface area contributed by atoms with E-state index >= 15 is 0 Å². The molecule has 3 aromatic rings. The number of hydrogen-bond donors (Lipinski definition) is 2. The molecule has 0 saturated carbocycles. The van der Waals surface area contributed by atoms with Crippen LogP contribution >= 0.6 is 0 Å². The maximum absolute atomic E-state index is 12.4. The van der Waals surface area contributed by atoms with Crippen molar-refractivity contribution in [1.82, 2.24) is 15.0 Å². The van der Waals surface area contributed by atoms with Gasteiger partial charge in [0.05, 0.1) is 0 Å². The molecule has 110 valence electrons. The van der Waals surface area contributed by atoms with Crippen molar-refractivity contribution in [1.29, 1.82) is 0 Å². The van der Waals surface area contributed by atoms with Crippen LogP contribution < -0.4 is 10.7 Å². The molecule has 0 atom stereocenters. The molecule has 0 unspecified atom stereocenters. The van der Waals surface area contributed by atoms with Gasteiger partial charge >= 0.3 is 0 Å². The third kappa shape index (κ3) is 2.58. The van der Waals surface area contributed by atoms with Gasteiger partial charge in [-0.2, -0.15) is 0 Å². The van der Waals surface area contributed by atoms with Gasteiger partial charge in [-0.3, -0.25) is 14.9 Å². The molecular formula is C16H14N4O2. The molecule has 1 amide bonds. The largest absolute Gasteiger partial charge is 0.360 e. The van der Waals surface area contributed by atoms with Crippen LogP contribution in [0.5, 0.6) is 0 Å². The fourth-order valence-corrected chi connectivity index (χ4v) is 2.29. The first kappa shape index (κ1) is 13.9. The summed E-state index contributed by atoms with van der Waals surface area (Å²) in [6.07, 6.45) is 1.41. The monoisotopic (exact) mass is 294 g/mol. The van der Waals surface area contributed by atoms with Gasteiger partial charge in [-0.1, -0.05) is 12.1 Å². The Morgan fingerprint density at radius 3 is 2.55 bits per heavy atom. The maximum Gasteiger partial charge on any atom is 0.263 e. The summed E-state index contributed by atoms with van der Waals surface area (Å²) in [6.45, 7) is 3.63. The van der Waals surface area contributed by atoms with Crippen LogP contribution in [0.1, 0.15) is 21.7 Å². The van der Waals surface area contributed by atoms with Crippen LogP contribution in [-0.2, 0) is 0 Å². The number of H-pyrrole nitrogens is 1. The van der Waals surface area contributed by atoms with Crippen molar-refractivity contribution in [3.05, 3.63) is 63.7 Å². The Kier molecular flexibility index (Phi) is 3.42. The van der Waals surface area contributed by atoms with Gasteiger partial charge in [-0.05, 0) is 32.0 Å². The van der Waals surface area contributed by atoms with E-state index in [2.05, 4.69) is 20.3 Å². The van der Waals surface area contributed by atoms with Crippen molar-refractivity contribution in [3.63, 3.8) is 0 Å². The number of fused-ring (bicyclic) bond motifs is 1. The average molecular weight is 294 g/mol. The highest BCUT2D eigenvalue weighted by molar-refractivity contribution is 6.04. The van der Waals surface area contributed by atoms with E-state index in [4.69, 9.17) is 0 Å². The van der Waals surface area contributed by atoms with Crippen molar-refractivity contribution in [2.45, 2.75) is 13.8 Å². The number of carbonyl (C=O) groups excluding carboxylic acids is 1. The summed E-state index contributed by atoms with van der Waals surface area (Å²) < 4.78 is 0. The summed E-state index contributed by atoms with van der Waals surface area (Å²) in [5, 5.41) is 3.03. The topological polar surface area (TPSA) is 87.7 Å². The molecule has 6 nitrogen and oxygen atoms in total. The Balaban J connectivity index is 1.99. The molecule has 22 heavy (non-hydrogen) atoms. The van der Waals surface area contributed by atoms with Crippen LogP contribution in [0, 0.1) is 13.8 Å². The number of carbonyl (C=O) groups is 1. The van der Waals surface area contributed by atoms with Crippen LogP contribution in [0.4, 0.5) is 5.95 Å². The smallest absolute Gasteiger partial charge is 0.263 e. The lowest BCUT2D eigenvalue weighted by molar-refractivity contribution is 0.102. The predicted octanol–water partition coefficient (Wildman–Crippen LogP) is 2.19. The van der Waals surface area contributed by atoms with Crippen molar-refractivity contribution in [3.8, 4) is 0 Å². The van der Waals surface area contributed by atoms with Crippen molar-refractivity contribution in [2.75, 3.05) is 5.32 Å². The molecule has 1 aromatic carbocycles. The molecular weight excluding hydrogens is 280 g/mol. The van der Waals surface area contributed by atoms with Crippen molar-refractivity contribution < 1.29 is 4.79 Å². The zero-order valence-electron chi connectivity index (χ0n) is 12.2. The van der Waals surface area contributed by atoms with Crippen molar-refractivity contribution in [2.24, 2.45) is 0 Å². The number of aromatic nitrogens is 3. The average Bonchev–Trinajstić information content (AvgIpc) is 2.46. The fraction of sp³-hybridized carbons (Fsp3) is 0.125. The molecule has 2 heterocycles. The number of benzene rings is 1. The zero-order valence-corrected chi connectivity index (χ0v) is 12.2. The second kappa shape index (κ2) is 5.40. The third-order valence-electron chi connectivity index (χ3n) is 3.24. The first-order chi connectivity index (χ1) is 10.5. The third-order valence-corrected chi connectivity index (χ3v) is 3.24. The highest BCUT2D eigenvalue weighted by Crippen LogP contribution is 2.09. The lowest BCUT2D eigenvalue weighted by Crippen LogP contribution is -2.23. The summed E-state index contributed by atoms with van der Waals surface area (Å²) >= 11 is 0. The van der Waals surface area contributed by atoms with Gasteiger partial charge in [0.2, 0.25) is 11.4 Å². The van der Waals surface area contributed by atoms with E-state index < -0.39 is 5.91 Å². The second-order valence-electron chi connectivity index (χ2n) is 5.01. The number of para-hydroxylation sites is 1. The normalized spacial score (nSPS) is 10.6. The number of aromatic amines is 1. The van der Waals surface area contributed by atoms with Crippen LogP contribution in [0.3, 0.4) is 0 Å². The first-order valence-corrected chi connectivity index (χ1v) is 6.78. The van der Waals surface area contributed by atoms with Gasteiger partial charge in [-0.15, -0.1) is 0 Å². The molecule has 0 bridgehead atoms. The van der Waals surface area contributed by atoms with E-state index in [0.29, 0.717) is 10.9 Å². The Bertz CT molecular complexity index is 911. The second-order valence-corrected chi connectivity index (χ2v) is 5.01. The van der Waals surface area contributed by atoms with Crippen LogP contribution in [0.15, 0.2) is 41.3 Å². The number of aryl methyl sites for hydroxylation is 2. The highest BCUT2D eigenvalue weighted by Gasteiger charge is 2.14. The molecule has 0 saturated heterocycles. The van der Waals surface area contributed by atoms with E-state index in [1.54, 1.807) is 24.3 Å². The summed E-state index contributed by atoms with van der Waals surface area (Å²) in [5.74, 6) is -0.341. The van der Waals surface area contributed by atoms with E-state index in [1.165, 1.54) is 6.20 Å². The Hall–Kier alpha value is -3.02. The Labute approximate surface area is 126 Å². The van der Waals surface area contributed by atoms with Crippen LogP contribution in [-0.4, -0.2) is 20.9 Å². The van der Waals surface area contributed by atoms with Gasteiger partial charge in [0.15, 0.2) is 0 Å². The standard InChI is InChI=1S/C16H14N4O2/c1-9-7-10(2)19-16(18-9)20-15(22)12-8-17-13-6-4-3-5-11(13)14(12)21/h3-8H,1-2H3,(H,17,21)(H,18,19,20,22). The van der Waals surface area contributed by atoms with Gasteiger partial charge in [0.1, 0.15) is 5.56 Å². The summed E-state index contributed by atoms with van der Waals surface area (Å²) in [4.78, 5) is 35.9. The lowest BCUT2D eigenvalue weighted by atomic mass is 10.1. The number of pyridine rings is 1. The molecule has 2 aromatic heterocycles. The quantitative estimate of drug-likeness (QED) is 0.758. The fourth-order valence-electron chi connectivity index (χ4n) is 2.29. The molecule has 3 rings (SSSR count). The van der Waals surface area contributed by atoms with Gasteiger partial charge in [0, 0.05) is 28.5 Å². The maximum atomic E-state index is 12.4. The van der Waals surface area contributed by atoms with Gasteiger partial charge in [-0.25, -0.2) is 9.97 Å². The SMILES string of the molecule is Cc1cc(C)nc(NC(=O)c2c[nH]c3ccccc3c2=O)n1. The van der Waals surface area contributed by atoms with E-state index in [1.807, 2.05) is 19.9 Å². The zero-order chi connectivity index (χ0) is 15.7. The molecule has 0 aliphatic carbocycles. The van der Waals surface area contributed by atoms with Crippen LogP contribution in [0.25, 0.3) is 10.9 Å². The van der Waals surface area contributed by atoms with Gasteiger partial charge < -0.3 is 4.98 Å². The number of nitrogens with one attached hydrogen (secondary N) is 2. The van der Waals surface area contributed by atoms with Crippen LogP contribution in [0.2, 0.25) is 0 Å². The summed E-state index contributed by atoms with van der Waals surface area (Å²) in [7, 11) is 0. The highest BCUT2D eigenvalue weighted by atomic mass is 16.2. The molecule has 0 fully saturated rings. The van der Waals surface area contributed by atoms with E-state index in [-0.39, 0.29) is 16.9 Å².